The minimum absolute atomic E-state index is 0.517. The van der Waals surface area contributed by atoms with Gasteiger partial charge in [0.25, 0.3) is 0 Å². The van der Waals surface area contributed by atoms with E-state index in [0.29, 0.717) is 24.2 Å². The van der Waals surface area contributed by atoms with Crippen LogP contribution < -0.4 is 15.4 Å². The smallest absolute Gasteiger partial charge is 0.242 e. The summed E-state index contributed by atoms with van der Waals surface area (Å²) in [6.07, 6.45) is 6.04. The standard InChI is InChI=1S/C13H22N4O/c1-3-7-17(10-5-6-10)12-11(14)13(16-9-15-12)18-8-4-2/h9-10H,3-8,14H2,1-2H3. The van der Waals surface area contributed by atoms with Gasteiger partial charge in [0.05, 0.1) is 6.61 Å². The van der Waals surface area contributed by atoms with Crippen LogP contribution >= 0.6 is 0 Å². The van der Waals surface area contributed by atoms with E-state index in [1.165, 1.54) is 12.8 Å². The highest BCUT2D eigenvalue weighted by atomic mass is 16.5. The maximum absolute atomic E-state index is 6.13. The van der Waals surface area contributed by atoms with E-state index in [9.17, 15) is 0 Å². The first-order valence-electron chi connectivity index (χ1n) is 6.77. The average Bonchev–Trinajstić information content (AvgIpc) is 3.19. The molecule has 1 saturated carbocycles. The third-order valence-corrected chi connectivity index (χ3v) is 2.99. The number of ether oxygens (including phenoxy) is 1. The van der Waals surface area contributed by atoms with Crippen molar-refractivity contribution in [1.29, 1.82) is 0 Å². The molecule has 0 aliphatic heterocycles. The normalized spacial score (nSPS) is 14.6. The van der Waals surface area contributed by atoms with Crippen LogP contribution in [-0.4, -0.2) is 29.2 Å². The number of anilines is 2. The highest BCUT2D eigenvalue weighted by Crippen LogP contribution is 2.36. The quantitative estimate of drug-likeness (QED) is 0.804. The second kappa shape index (κ2) is 5.89. The lowest BCUT2D eigenvalue weighted by atomic mass is 10.3. The molecule has 0 bridgehead atoms. The Hall–Kier alpha value is -1.52. The fourth-order valence-electron chi connectivity index (χ4n) is 2.00. The van der Waals surface area contributed by atoms with Gasteiger partial charge in [-0.1, -0.05) is 13.8 Å². The molecule has 0 aromatic carbocycles. The molecule has 0 atom stereocenters. The Morgan fingerprint density at radius 1 is 1.33 bits per heavy atom. The maximum atomic E-state index is 6.13. The van der Waals surface area contributed by atoms with Crippen LogP contribution in [0, 0.1) is 0 Å². The molecule has 0 amide bonds. The van der Waals surface area contributed by atoms with Crippen LogP contribution in [-0.2, 0) is 0 Å². The van der Waals surface area contributed by atoms with Gasteiger partial charge >= 0.3 is 0 Å². The van der Waals surface area contributed by atoms with Crippen molar-refractivity contribution in [2.45, 2.75) is 45.6 Å². The zero-order valence-corrected chi connectivity index (χ0v) is 11.2. The van der Waals surface area contributed by atoms with E-state index in [4.69, 9.17) is 10.5 Å². The molecule has 0 unspecified atom stereocenters. The molecule has 5 nitrogen and oxygen atoms in total. The summed E-state index contributed by atoms with van der Waals surface area (Å²) >= 11 is 0. The van der Waals surface area contributed by atoms with E-state index < -0.39 is 0 Å². The van der Waals surface area contributed by atoms with Crippen LogP contribution in [0.2, 0.25) is 0 Å². The summed E-state index contributed by atoms with van der Waals surface area (Å²) in [5.41, 5.74) is 6.70. The van der Waals surface area contributed by atoms with Crippen LogP contribution in [0.3, 0.4) is 0 Å². The molecule has 1 aromatic heterocycles. The number of aromatic nitrogens is 2. The van der Waals surface area contributed by atoms with Crippen molar-refractivity contribution >= 4 is 11.5 Å². The number of nitrogens with zero attached hydrogens (tertiary/aromatic N) is 3. The molecule has 1 aliphatic carbocycles. The van der Waals surface area contributed by atoms with Gasteiger partial charge in [-0.05, 0) is 25.7 Å². The summed E-state index contributed by atoms with van der Waals surface area (Å²) in [6, 6.07) is 0.598. The van der Waals surface area contributed by atoms with E-state index >= 15 is 0 Å². The molecular weight excluding hydrogens is 228 g/mol. The van der Waals surface area contributed by atoms with E-state index in [-0.39, 0.29) is 0 Å². The first kappa shape index (κ1) is 12.9. The Morgan fingerprint density at radius 3 is 2.72 bits per heavy atom. The number of nitrogen functional groups attached to an aromatic ring is 1. The molecule has 2 rings (SSSR count). The number of hydrogen-bond donors (Lipinski definition) is 1. The van der Waals surface area contributed by atoms with Gasteiger partial charge in [0.1, 0.15) is 12.0 Å². The van der Waals surface area contributed by atoms with E-state index in [0.717, 1.165) is 25.2 Å². The van der Waals surface area contributed by atoms with Crippen molar-refractivity contribution in [3.8, 4) is 5.88 Å². The number of nitrogens with two attached hydrogens (primary N) is 1. The van der Waals surface area contributed by atoms with E-state index in [1.807, 2.05) is 0 Å². The molecule has 1 aliphatic rings. The van der Waals surface area contributed by atoms with Gasteiger partial charge in [-0.2, -0.15) is 4.98 Å². The second-order valence-corrected chi connectivity index (χ2v) is 4.69. The first-order chi connectivity index (χ1) is 8.77. The molecule has 0 spiro atoms. The zero-order chi connectivity index (χ0) is 13.0. The molecule has 1 aromatic rings. The van der Waals surface area contributed by atoms with Gasteiger partial charge in [0.2, 0.25) is 5.88 Å². The van der Waals surface area contributed by atoms with Gasteiger partial charge < -0.3 is 15.4 Å². The Bertz CT molecular complexity index is 393. The summed E-state index contributed by atoms with van der Waals surface area (Å²) in [5, 5.41) is 0. The van der Waals surface area contributed by atoms with Crippen LogP contribution in [0.15, 0.2) is 6.33 Å². The SMILES string of the molecule is CCCOc1ncnc(N(CCC)C2CC2)c1N. The van der Waals surface area contributed by atoms with Gasteiger partial charge in [-0.3, -0.25) is 0 Å². The predicted molar refractivity (Wildman–Crippen MR) is 72.9 cm³/mol. The average molecular weight is 250 g/mol. The molecular formula is C13H22N4O. The van der Waals surface area contributed by atoms with E-state index in [1.54, 1.807) is 6.33 Å². The summed E-state index contributed by atoms with van der Waals surface area (Å²) in [7, 11) is 0. The molecule has 18 heavy (non-hydrogen) atoms. The molecule has 5 heteroatoms. The minimum atomic E-state index is 0.517. The van der Waals surface area contributed by atoms with Gasteiger partial charge in [-0.15, -0.1) is 0 Å². The summed E-state index contributed by atoms with van der Waals surface area (Å²) in [4.78, 5) is 10.7. The second-order valence-electron chi connectivity index (χ2n) is 4.69. The molecule has 2 N–H and O–H groups in total. The monoisotopic (exact) mass is 250 g/mol. The topological polar surface area (TPSA) is 64.3 Å². The van der Waals surface area contributed by atoms with Crippen LogP contribution in [0.1, 0.15) is 39.5 Å². The lowest BCUT2D eigenvalue weighted by Gasteiger charge is -2.24. The van der Waals surface area contributed by atoms with Crippen molar-refractivity contribution in [3.05, 3.63) is 6.33 Å². The fourth-order valence-corrected chi connectivity index (χ4v) is 2.00. The van der Waals surface area contributed by atoms with Crippen LogP contribution in [0.25, 0.3) is 0 Å². The Balaban J connectivity index is 2.19. The lowest BCUT2D eigenvalue weighted by molar-refractivity contribution is 0.306. The Kier molecular flexibility index (Phi) is 4.23. The van der Waals surface area contributed by atoms with Crippen molar-refractivity contribution in [3.63, 3.8) is 0 Å². The molecule has 0 radical (unpaired) electrons. The summed E-state index contributed by atoms with van der Waals surface area (Å²) in [6.45, 7) is 5.85. The maximum Gasteiger partial charge on any atom is 0.242 e. The van der Waals surface area contributed by atoms with Crippen molar-refractivity contribution < 1.29 is 4.74 Å². The van der Waals surface area contributed by atoms with Crippen LogP contribution in [0.4, 0.5) is 11.5 Å². The van der Waals surface area contributed by atoms with Crippen molar-refractivity contribution in [2.75, 3.05) is 23.8 Å². The van der Waals surface area contributed by atoms with Crippen molar-refractivity contribution in [1.82, 2.24) is 9.97 Å². The molecule has 100 valence electrons. The van der Waals surface area contributed by atoms with Gasteiger partial charge in [0, 0.05) is 12.6 Å². The number of rotatable bonds is 7. The van der Waals surface area contributed by atoms with E-state index in [2.05, 4.69) is 28.7 Å². The summed E-state index contributed by atoms with van der Waals surface area (Å²) < 4.78 is 5.55. The van der Waals surface area contributed by atoms with Crippen molar-refractivity contribution in [2.24, 2.45) is 0 Å². The van der Waals surface area contributed by atoms with Gasteiger partial charge in [-0.25, -0.2) is 4.98 Å². The highest BCUT2D eigenvalue weighted by Gasteiger charge is 2.31. The third kappa shape index (κ3) is 2.83. The minimum Gasteiger partial charge on any atom is -0.476 e. The third-order valence-electron chi connectivity index (χ3n) is 2.99. The predicted octanol–water partition coefficient (Wildman–Crippen LogP) is 2.23. The fraction of sp³-hybridized carbons (Fsp3) is 0.692. The highest BCUT2D eigenvalue weighted by molar-refractivity contribution is 5.68. The Labute approximate surface area is 108 Å². The molecule has 0 saturated heterocycles. The largest absolute Gasteiger partial charge is 0.476 e. The van der Waals surface area contributed by atoms with Crippen LogP contribution in [0.5, 0.6) is 5.88 Å². The Morgan fingerprint density at radius 2 is 2.11 bits per heavy atom. The first-order valence-corrected chi connectivity index (χ1v) is 6.77. The zero-order valence-electron chi connectivity index (χ0n) is 11.2. The number of hydrogen-bond acceptors (Lipinski definition) is 5. The van der Waals surface area contributed by atoms with Gasteiger partial charge in [0.15, 0.2) is 5.82 Å². The lowest BCUT2D eigenvalue weighted by Crippen LogP contribution is -2.28. The molecule has 1 fully saturated rings. The summed E-state index contributed by atoms with van der Waals surface area (Å²) in [5.74, 6) is 1.35. The molecule has 1 heterocycles.